The number of hydrogen-bond acceptors (Lipinski definition) is 3. The molecule has 0 saturated carbocycles. The SMILES string of the molecule is Cc1c(C(=O)N2CCC(CCC(=O)O)CC2)cnn1C. The Labute approximate surface area is 118 Å². The average Bonchev–Trinajstić information content (AvgIpc) is 2.76. The van der Waals surface area contributed by atoms with Crippen LogP contribution in [0.1, 0.15) is 41.7 Å². The lowest BCUT2D eigenvalue weighted by atomic mass is 9.92. The minimum atomic E-state index is -0.741. The molecule has 1 amide bonds. The lowest BCUT2D eigenvalue weighted by molar-refractivity contribution is -0.137. The fraction of sp³-hybridized carbons (Fsp3) is 0.643. The smallest absolute Gasteiger partial charge is 0.303 e. The first-order valence-electron chi connectivity index (χ1n) is 6.98. The van der Waals surface area contributed by atoms with Crippen molar-refractivity contribution in [3.63, 3.8) is 0 Å². The summed E-state index contributed by atoms with van der Waals surface area (Å²) in [6.07, 6.45) is 4.33. The number of carbonyl (C=O) groups is 2. The molecular weight excluding hydrogens is 258 g/mol. The Morgan fingerprint density at radius 3 is 2.55 bits per heavy atom. The lowest BCUT2D eigenvalue weighted by Gasteiger charge is -2.31. The molecule has 0 aliphatic carbocycles. The average molecular weight is 279 g/mol. The molecule has 0 aromatic carbocycles. The van der Waals surface area contributed by atoms with Gasteiger partial charge in [0.25, 0.3) is 5.91 Å². The molecule has 1 aromatic heterocycles. The number of carboxylic acids is 1. The van der Waals surface area contributed by atoms with E-state index in [2.05, 4.69) is 5.10 Å². The lowest BCUT2D eigenvalue weighted by Crippen LogP contribution is -2.38. The van der Waals surface area contributed by atoms with Crippen molar-refractivity contribution < 1.29 is 14.7 Å². The molecule has 2 rings (SSSR count). The Bertz CT molecular complexity index is 502. The molecule has 1 aromatic rings. The van der Waals surface area contributed by atoms with Gasteiger partial charge < -0.3 is 10.0 Å². The van der Waals surface area contributed by atoms with Crippen LogP contribution in [-0.2, 0) is 11.8 Å². The van der Waals surface area contributed by atoms with Gasteiger partial charge in [-0.2, -0.15) is 5.10 Å². The summed E-state index contributed by atoms with van der Waals surface area (Å²) in [7, 11) is 1.82. The van der Waals surface area contributed by atoms with Gasteiger partial charge in [-0.3, -0.25) is 14.3 Å². The van der Waals surface area contributed by atoms with Gasteiger partial charge in [0.05, 0.1) is 11.8 Å². The second-order valence-electron chi connectivity index (χ2n) is 5.44. The number of nitrogens with zero attached hydrogens (tertiary/aromatic N) is 3. The Kier molecular flexibility index (Phi) is 4.42. The summed E-state index contributed by atoms with van der Waals surface area (Å²) in [5.74, 6) is -0.285. The molecule has 1 aliphatic heterocycles. The van der Waals surface area contributed by atoms with Gasteiger partial charge in [-0.05, 0) is 32.1 Å². The molecule has 1 aliphatic rings. The van der Waals surface area contributed by atoms with E-state index >= 15 is 0 Å². The summed E-state index contributed by atoms with van der Waals surface area (Å²) in [5, 5.41) is 12.8. The van der Waals surface area contributed by atoms with E-state index in [0.717, 1.165) is 18.5 Å². The summed E-state index contributed by atoms with van der Waals surface area (Å²) in [5.41, 5.74) is 1.54. The van der Waals surface area contributed by atoms with E-state index in [1.54, 1.807) is 10.9 Å². The number of carboxylic acid groups (broad SMARTS) is 1. The third-order valence-electron chi connectivity index (χ3n) is 4.13. The van der Waals surface area contributed by atoms with Crippen LogP contribution in [0.25, 0.3) is 0 Å². The van der Waals surface area contributed by atoms with Crippen LogP contribution in [0.4, 0.5) is 0 Å². The predicted octanol–water partition coefficient (Wildman–Crippen LogP) is 1.45. The van der Waals surface area contributed by atoms with Crippen LogP contribution >= 0.6 is 0 Å². The van der Waals surface area contributed by atoms with E-state index in [1.165, 1.54) is 0 Å². The van der Waals surface area contributed by atoms with Crippen molar-refractivity contribution in [2.24, 2.45) is 13.0 Å². The highest BCUT2D eigenvalue weighted by Crippen LogP contribution is 2.23. The van der Waals surface area contributed by atoms with Crippen LogP contribution in [-0.4, -0.2) is 44.8 Å². The van der Waals surface area contributed by atoms with Gasteiger partial charge in [-0.25, -0.2) is 0 Å². The highest BCUT2D eigenvalue weighted by atomic mass is 16.4. The number of piperidine rings is 1. The van der Waals surface area contributed by atoms with Crippen molar-refractivity contribution in [3.05, 3.63) is 17.5 Å². The summed E-state index contributed by atoms with van der Waals surface area (Å²) >= 11 is 0. The normalized spacial score (nSPS) is 16.4. The monoisotopic (exact) mass is 279 g/mol. The van der Waals surface area contributed by atoms with E-state index < -0.39 is 5.97 Å². The second-order valence-corrected chi connectivity index (χ2v) is 5.44. The van der Waals surface area contributed by atoms with E-state index in [9.17, 15) is 9.59 Å². The Balaban J connectivity index is 1.89. The van der Waals surface area contributed by atoms with E-state index in [0.29, 0.717) is 31.0 Å². The Morgan fingerprint density at radius 2 is 2.05 bits per heavy atom. The van der Waals surface area contributed by atoms with Crippen LogP contribution in [0.3, 0.4) is 0 Å². The first kappa shape index (κ1) is 14.6. The van der Waals surface area contributed by atoms with Crippen LogP contribution in [0.5, 0.6) is 0 Å². The molecule has 2 heterocycles. The molecular formula is C14H21N3O3. The number of rotatable bonds is 4. The summed E-state index contributed by atoms with van der Waals surface area (Å²) in [6.45, 7) is 3.30. The zero-order chi connectivity index (χ0) is 14.7. The highest BCUT2D eigenvalue weighted by Gasteiger charge is 2.25. The summed E-state index contributed by atoms with van der Waals surface area (Å²) in [4.78, 5) is 24.8. The minimum Gasteiger partial charge on any atom is -0.481 e. The summed E-state index contributed by atoms with van der Waals surface area (Å²) in [6, 6.07) is 0. The number of hydrogen-bond donors (Lipinski definition) is 1. The van der Waals surface area contributed by atoms with Gasteiger partial charge in [0.2, 0.25) is 0 Å². The number of carbonyl (C=O) groups excluding carboxylic acids is 1. The van der Waals surface area contributed by atoms with Gasteiger partial charge in [0.1, 0.15) is 0 Å². The third kappa shape index (κ3) is 3.18. The van der Waals surface area contributed by atoms with Crippen molar-refractivity contribution >= 4 is 11.9 Å². The van der Waals surface area contributed by atoms with Crippen molar-refractivity contribution in [3.8, 4) is 0 Å². The highest BCUT2D eigenvalue weighted by molar-refractivity contribution is 5.95. The standard InChI is InChI=1S/C14H21N3O3/c1-10-12(9-15-16(10)2)14(20)17-7-5-11(6-8-17)3-4-13(18)19/h9,11H,3-8H2,1-2H3,(H,18,19). The molecule has 6 heteroatoms. The van der Waals surface area contributed by atoms with Gasteiger partial charge in [-0.15, -0.1) is 0 Å². The fourth-order valence-electron chi connectivity index (χ4n) is 2.63. The molecule has 0 atom stereocenters. The predicted molar refractivity (Wildman–Crippen MR) is 73.4 cm³/mol. The van der Waals surface area contributed by atoms with Crippen molar-refractivity contribution in [2.75, 3.05) is 13.1 Å². The Morgan fingerprint density at radius 1 is 1.40 bits per heavy atom. The summed E-state index contributed by atoms with van der Waals surface area (Å²) < 4.78 is 1.70. The molecule has 0 unspecified atom stereocenters. The third-order valence-corrected chi connectivity index (χ3v) is 4.13. The van der Waals surface area contributed by atoms with Gasteiger partial charge in [0, 0.05) is 32.3 Å². The number of aromatic nitrogens is 2. The largest absolute Gasteiger partial charge is 0.481 e. The van der Waals surface area contributed by atoms with Crippen molar-refractivity contribution in [2.45, 2.75) is 32.6 Å². The fourth-order valence-corrected chi connectivity index (χ4v) is 2.63. The number of aryl methyl sites for hydroxylation is 1. The zero-order valence-corrected chi connectivity index (χ0v) is 12.0. The van der Waals surface area contributed by atoms with E-state index in [1.807, 2.05) is 18.9 Å². The molecule has 20 heavy (non-hydrogen) atoms. The first-order valence-corrected chi connectivity index (χ1v) is 6.98. The Hall–Kier alpha value is -1.85. The molecule has 0 spiro atoms. The van der Waals surface area contributed by atoms with Crippen LogP contribution in [0, 0.1) is 12.8 Å². The maximum atomic E-state index is 12.4. The van der Waals surface area contributed by atoms with Gasteiger partial charge in [0.15, 0.2) is 0 Å². The molecule has 110 valence electrons. The van der Waals surface area contributed by atoms with E-state index in [4.69, 9.17) is 5.11 Å². The molecule has 1 fully saturated rings. The zero-order valence-electron chi connectivity index (χ0n) is 12.0. The van der Waals surface area contributed by atoms with Gasteiger partial charge in [-0.1, -0.05) is 0 Å². The maximum Gasteiger partial charge on any atom is 0.303 e. The molecule has 1 saturated heterocycles. The topological polar surface area (TPSA) is 75.4 Å². The number of likely N-dealkylation sites (tertiary alicyclic amines) is 1. The maximum absolute atomic E-state index is 12.4. The van der Waals surface area contributed by atoms with Crippen LogP contribution < -0.4 is 0 Å². The quantitative estimate of drug-likeness (QED) is 0.905. The molecule has 0 radical (unpaired) electrons. The molecule has 6 nitrogen and oxygen atoms in total. The second kappa shape index (κ2) is 6.07. The molecule has 0 bridgehead atoms. The van der Waals surface area contributed by atoms with Gasteiger partial charge >= 0.3 is 5.97 Å². The van der Waals surface area contributed by atoms with Crippen molar-refractivity contribution in [1.29, 1.82) is 0 Å². The minimum absolute atomic E-state index is 0.0345. The number of amides is 1. The van der Waals surface area contributed by atoms with Crippen molar-refractivity contribution in [1.82, 2.24) is 14.7 Å². The molecule has 1 N–H and O–H groups in total. The van der Waals surface area contributed by atoms with Crippen LogP contribution in [0.2, 0.25) is 0 Å². The first-order chi connectivity index (χ1) is 9.49. The van der Waals surface area contributed by atoms with Crippen LogP contribution in [0.15, 0.2) is 6.20 Å². The van der Waals surface area contributed by atoms with E-state index in [-0.39, 0.29) is 12.3 Å². The number of aliphatic carboxylic acids is 1.